The number of fused-ring (bicyclic) bond motifs is 1. The lowest BCUT2D eigenvalue weighted by atomic mass is 9.87. The molecule has 2 heterocycles. The smallest absolute Gasteiger partial charge is 0.407 e. The summed E-state index contributed by atoms with van der Waals surface area (Å²) < 4.78 is 6.77. The number of aromatic nitrogens is 1. The Bertz CT molecular complexity index is 1680. The molecule has 7 nitrogen and oxygen atoms in total. The number of benzene rings is 2. The number of hydrogen-bond donors (Lipinski definition) is 1. The minimum Gasteiger partial charge on any atom is -0.496 e. The first-order valence-corrected chi connectivity index (χ1v) is 16.6. The van der Waals surface area contributed by atoms with E-state index in [1.54, 1.807) is 12.0 Å². The van der Waals surface area contributed by atoms with Gasteiger partial charge in [-0.3, -0.25) is 9.78 Å². The van der Waals surface area contributed by atoms with E-state index in [0.29, 0.717) is 54.4 Å². The standard InChI is InChI=1S/C36H42ClN3O4S/c1-22-17-25(18-23(2)38-22)24-11-16-30(44-6)26(19-24)20-39(34(41)33-32(37)29-9-7-8-10-31(29)45-33)27-12-14-28(15-13-27)40(35(42)43)21-36(3,4)5/h7-11,16-19,27-28H,12-15,20-21H2,1-6H3,(H,42,43). The van der Waals surface area contributed by atoms with E-state index in [9.17, 15) is 14.7 Å². The second-order valence-corrected chi connectivity index (χ2v) is 14.7. The molecule has 2 amide bonds. The Kier molecular flexibility index (Phi) is 9.75. The van der Waals surface area contributed by atoms with Crippen molar-refractivity contribution in [2.24, 2.45) is 5.41 Å². The molecule has 1 aliphatic carbocycles. The van der Waals surface area contributed by atoms with Gasteiger partial charge in [-0.25, -0.2) is 4.79 Å². The van der Waals surface area contributed by atoms with Crippen molar-refractivity contribution < 1.29 is 19.4 Å². The minimum absolute atomic E-state index is 0.0842. The fraction of sp³-hybridized carbons (Fsp3) is 0.417. The summed E-state index contributed by atoms with van der Waals surface area (Å²) in [5, 5.41) is 11.4. The lowest BCUT2D eigenvalue weighted by molar-refractivity contribution is 0.0492. The van der Waals surface area contributed by atoms with Crippen LogP contribution in [0.15, 0.2) is 54.6 Å². The SMILES string of the molecule is COc1ccc(-c2cc(C)nc(C)c2)cc1CN(C(=O)c1sc2ccccc2c1Cl)C1CCC(N(CC(C)(C)C)C(=O)O)CC1. The predicted molar refractivity (Wildman–Crippen MR) is 183 cm³/mol. The molecule has 0 spiro atoms. The van der Waals surface area contributed by atoms with Crippen LogP contribution in [-0.4, -0.2) is 57.6 Å². The molecular formula is C36H42ClN3O4S. The van der Waals surface area contributed by atoms with Crippen LogP contribution >= 0.6 is 22.9 Å². The number of aryl methyl sites for hydroxylation is 2. The number of methoxy groups -OCH3 is 1. The normalized spacial score (nSPS) is 16.9. The van der Waals surface area contributed by atoms with Crippen LogP contribution in [0.4, 0.5) is 4.79 Å². The molecule has 0 radical (unpaired) electrons. The van der Waals surface area contributed by atoms with Gasteiger partial charge in [-0.2, -0.15) is 0 Å². The first-order valence-electron chi connectivity index (χ1n) is 15.4. The van der Waals surface area contributed by atoms with Crippen LogP contribution in [0.1, 0.15) is 73.1 Å². The van der Waals surface area contributed by atoms with Crippen molar-refractivity contribution in [3.05, 3.63) is 81.4 Å². The average molecular weight is 648 g/mol. The van der Waals surface area contributed by atoms with Gasteiger partial charge in [-0.05, 0) is 86.4 Å². The van der Waals surface area contributed by atoms with E-state index in [2.05, 4.69) is 44.0 Å². The van der Waals surface area contributed by atoms with Gasteiger partial charge in [-0.15, -0.1) is 11.3 Å². The second kappa shape index (κ2) is 13.4. The number of halogens is 1. The molecule has 5 rings (SSSR count). The van der Waals surface area contributed by atoms with Crippen molar-refractivity contribution in [2.45, 2.75) is 78.9 Å². The third-order valence-corrected chi connectivity index (χ3v) is 10.1. The molecule has 0 bridgehead atoms. The zero-order valence-corrected chi connectivity index (χ0v) is 28.5. The zero-order valence-electron chi connectivity index (χ0n) is 26.9. The third kappa shape index (κ3) is 7.45. The van der Waals surface area contributed by atoms with E-state index < -0.39 is 6.09 Å². The molecule has 238 valence electrons. The second-order valence-electron chi connectivity index (χ2n) is 13.3. The Hall–Kier alpha value is -3.62. The fourth-order valence-corrected chi connectivity index (χ4v) is 7.93. The van der Waals surface area contributed by atoms with Crippen molar-refractivity contribution in [3.8, 4) is 16.9 Å². The van der Waals surface area contributed by atoms with Crippen LogP contribution in [-0.2, 0) is 6.54 Å². The zero-order chi connectivity index (χ0) is 32.5. The average Bonchev–Trinajstić information content (AvgIpc) is 3.33. The maximum absolute atomic E-state index is 14.5. The Morgan fingerprint density at radius 3 is 2.16 bits per heavy atom. The molecule has 2 aromatic heterocycles. The van der Waals surface area contributed by atoms with Crippen LogP contribution in [0.5, 0.6) is 5.75 Å². The van der Waals surface area contributed by atoms with E-state index in [-0.39, 0.29) is 23.4 Å². The van der Waals surface area contributed by atoms with E-state index in [1.165, 1.54) is 11.3 Å². The summed E-state index contributed by atoms with van der Waals surface area (Å²) in [7, 11) is 1.65. The lowest BCUT2D eigenvalue weighted by Gasteiger charge is -2.41. The summed E-state index contributed by atoms with van der Waals surface area (Å²) in [4.78, 5) is 35.3. The number of carboxylic acid groups (broad SMARTS) is 1. The van der Waals surface area contributed by atoms with Crippen molar-refractivity contribution in [2.75, 3.05) is 13.7 Å². The number of amides is 2. The highest BCUT2D eigenvalue weighted by Crippen LogP contribution is 2.39. The number of ether oxygens (including phenoxy) is 1. The maximum atomic E-state index is 14.5. The number of carbonyl (C=O) groups is 2. The lowest BCUT2D eigenvalue weighted by Crippen LogP contribution is -2.49. The molecular weight excluding hydrogens is 606 g/mol. The Morgan fingerprint density at radius 1 is 0.956 bits per heavy atom. The first-order chi connectivity index (χ1) is 21.3. The van der Waals surface area contributed by atoms with Gasteiger partial charge in [0.25, 0.3) is 5.91 Å². The van der Waals surface area contributed by atoms with Crippen molar-refractivity contribution in [1.82, 2.24) is 14.8 Å². The van der Waals surface area contributed by atoms with Crippen LogP contribution in [0.3, 0.4) is 0 Å². The van der Waals surface area contributed by atoms with Gasteiger partial charge in [-0.1, -0.05) is 56.6 Å². The Balaban J connectivity index is 1.50. The number of nitrogens with zero attached hydrogens (tertiary/aromatic N) is 3. The van der Waals surface area contributed by atoms with Gasteiger partial charge >= 0.3 is 6.09 Å². The molecule has 2 aromatic carbocycles. The van der Waals surface area contributed by atoms with Crippen LogP contribution in [0.25, 0.3) is 21.2 Å². The molecule has 1 saturated carbocycles. The molecule has 1 N–H and O–H groups in total. The van der Waals surface area contributed by atoms with Crippen LogP contribution in [0, 0.1) is 19.3 Å². The summed E-state index contributed by atoms with van der Waals surface area (Å²) in [6.45, 7) is 10.9. The quantitative estimate of drug-likeness (QED) is 0.206. The maximum Gasteiger partial charge on any atom is 0.407 e. The summed E-state index contributed by atoms with van der Waals surface area (Å²) in [6.07, 6.45) is 1.87. The minimum atomic E-state index is -0.887. The number of pyridine rings is 1. The third-order valence-electron chi connectivity index (χ3n) is 8.46. The molecule has 0 aliphatic heterocycles. The van der Waals surface area contributed by atoms with Crippen LogP contribution < -0.4 is 4.74 Å². The fourth-order valence-electron chi connectivity index (χ4n) is 6.46. The van der Waals surface area contributed by atoms with E-state index in [0.717, 1.165) is 38.2 Å². The van der Waals surface area contributed by atoms with Gasteiger partial charge < -0.3 is 19.6 Å². The van der Waals surface area contributed by atoms with Gasteiger partial charge in [0.05, 0.1) is 12.1 Å². The van der Waals surface area contributed by atoms with E-state index in [4.69, 9.17) is 16.3 Å². The van der Waals surface area contributed by atoms with Crippen LogP contribution in [0.2, 0.25) is 5.02 Å². The summed E-state index contributed by atoms with van der Waals surface area (Å²) in [6, 6.07) is 17.9. The van der Waals surface area contributed by atoms with Gasteiger partial charge in [0.2, 0.25) is 0 Å². The highest BCUT2D eigenvalue weighted by atomic mass is 35.5. The summed E-state index contributed by atoms with van der Waals surface area (Å²) in [5.41, 5.74) is 4.71. The van der Waals surface area contributed by atoms with Crippen molar-refractivity contribution >= 4 is 45.0 Å². The van der Waals surface area contributed by atoms with Crippen molar-refractivity contribution in [1.29, 1.82) is 0 Å². The first kappa shape index (κ1) is 32.8. The van der Waals surface area contributed by atoms with Crippen molar-refractivity contribution in [3.63, 3.8) is 0 Å². The molecule has 0 unspecified atom stereocenters. The van der Waals surface area contributed by atoms with Gasteiger partial charge in [0.15, 0.2) is 0 Å². The number of hydrogen-bond acceptors (Lipinski definition) is 5. The molecule has 4 aromatic rings. The predicted octanol–water partition coefficient (Wildman–Crippen LogP) is 9.22. The largest absolute Gasteiger partial charge is 0.496 e. The molecule has 1 aliphatic rings. The molecule has 0 saturated heterocycles. The number of thiophene rings is 1. The van der Waals surface area contributed by atoms with Gasteiger partial charge in [0.1, 0.15) is 10.6 Å². The van der Waals surface area contributed by atoms with Gasteiger partial charge in [0, 0.05) is 52.2 Å². The summed E-state index contributed by atoms with van der Waals surface area (Å²) >= 11 is 8.27. The Morgan fingerprint density at radius 2 is 1.58 bits per heavy atom. The Labute approximate surface area is 274 Å². The monoisotopic (exact) mass is 647 g/mol. The molecule has 9 heteroatoms. The number of rotatable bonds is 8. The molecule has 1 fully saturated rings. The highest BCUT2D eigenvalue weighted by Gasteiger charge is 2.36. The molecule has 0 atom stereocenters. The topological polar surface area (TPSA) is 83.0 Å². The highest BCUT2D eigenvalue weighted by molar-refractivity contribution is 7.21. The van der Waals surface area contributed by atoms with E-state index >= 15 is 0 Å². The van der Waals surface area contributed by atoms with E-state index in [1.807, 2.05) is 55.1 Å². The summed E-state index contributed by atoms with van der Waals surface area (Å²) in [5.74, 6) is 0.592. The number of carbonyl (C=O) groups excluding carboxylic acids is 1. The molecule has 45 heavy (non-hydrogen) atoms.